The first kappa shape index (κ1) is 18.1. The zero-order valence-electron chi connectivity index (χ0n) is 15.6. The van der Waals surface area contributed by atoms with Gasteiger partial charge in [-0.25, -0.2) is 0 Å². The Hall–Kier alpha value is -1.27. The summed E-state index contributed by atoms with van der Waals surface area (Å²) in [5.74, 6) is 1.72. The summed E-state index contributed by atoms with van der Waals surface area (Å²) in [5, 5.41) is 7.19. The molecule has 3 fully saturated rings. The van der Waals surface area contributed by atoms with Crippen molar-refractivity contribution in [1.82, 2.24) is 15.5 Å². The topological polar surface area (TPSA) is 42.9 Å². The average molecular weight is 420 g/mol. The van der Waals surface area contributed by atoms with E-state index in [0.717, 1.165) is 48.4 Å². The first-order valence-corrected chi connectivity index (χ1v) is 10.7. The van der Waals surface area contributed by atoms with Crippen LogP contribution in [0.5, 0.6) is 0 Å². The molecule has 2 heterocycles. The Morgan fingerprint density at radius 2 is 1.92 bits per heavy atom. The molecule has 3 aliphatic rings. The number of likely N-dealkylation sites (tertiary alicyclic amines) is 1. The summed E-state index contributed by atoms with van der Waals surface area (Å²) in [4.78, 5) is 9.57. The molecule has 4 rings (SSSR count). The number of nitrogens with one attached hydrogen (secondary N) is 2. The maximum absolute atomic E-state index is 4.44. The van der Waals surface area contributed by atoms with Crippen LogP contribution in [0.4, 0.5) is 5.69 Å². The molecule has 26 heavy (non-hydrogen) atoms. The van der Waals surface area contributed by atoms with Crippen LogP contribution < -0.4 is 15.5 Å². The fourth-order valence-electron chi connectivity index (χ4n) is 4.19. The molecule has 1 saturated carbocycles. The van der Waals surface area contributed by atoms with Crippen LogP contribution in [0.3, 0.4) is 0 Å². The van der Waals surface area contributed by atoms with E-state index in [2.05, 4.69) is 65.6 Å². The van der Waals surface area contributed by atoms with E-state index < -0.39 is 0 Å². The third-order valence-electron chi connectivity index (χ3n) is 5.88. The van der Waals surface area contributed by atoms with Crippen LogP contribution in [-0.4, -0.2) is 62.7 Å². The Morgan fingerprint density at radius 1 is 1.12 bits per heavy atom. The number of hydrogen-bond donors (Lipinski definition) is 2. The summed E-state index contributed by atoms with van der Waals surface area (Å²) in [6.45, 7) is 5.70. The Balaban J connectivity index is 1.22. The molecule has 0 bridgehead atoms. The molecule has 1 aliphatic carbocycles. The summed E-state index contributed by atoms with van der Waals surface area (Å²) in [6.07, 6.45) is 5.30. The van der Waals surface area contributed by atoms with Crippen molar-refractivity contribution in [2.45, 2.75) is 37.8 Å². The van der Waals surface area contributed by atoms with Crippen LogP contribution in [0, 0.1) is 5.92 Å². The SMILES string of the molecule is CN=C(NCC1CCN(C2CC2)C1)NC1CCN(c2ccc(Br)cc2)C1. The van der Waals surface area contributed by atoms with Gasteiger partial charge in [0.15, 0.2) is 5.96 Å². The summed E-state index contributed by atoms with van der Waals surface area (Å²) < 4.78 is 1.13. The maximum Gasteiger partial charge on any atom is 0.191 e. The van der Waals surface area contributed by atoms with Crippen molar-refractivity contribution in [3.05, 3.63) is 28.7 Å². The van der Waals surface area contributed by atoms with Gasteiger partial charge in [0.2, 0.25) is 0 Å². The molecular formula is C20H30BrN5. The molecule has 0 spiro atoms. The molecule has 2 atom stereocenters. The zero-order valence-corrected chi connectivity index (χ0v) is 17.2. The Bertz CT molecular complexity index is 628. The smallest absolute Gasteiger partial charge is 0.191 e. The van der Waals surface area contributed by atoms with Crippen molar-refractivity contribution in [3.8, 4) is 0 Å². The van der Waals surface area contributed by atoms with E-state index >= 15 is 0 Å². The second-order valence-corrected chi connectivity index (χ2v) is 8.80. The average Bonchev–Trinajstić information content (AvgIpc) is 3.22. The highest BCUT2D eigenvalue weighted by molar-refractivity contribution is 9.10. The Labute approximate surface area is 165 Å². The van der Waals surface area contributed by atoms with Gasteiger partial charge in [-0.3, -0.25) is 4.99 Å². The number of guanidine groups is 1. The third kappa shape index (κ3) is 4.52. The molecular weight excluding hydrogens is 390 g/mol. The predicted octanol–water partition coefficient (Wildman–Crippen LogP) is 2.68. The van der Waals surface area contributed by atoms with Crippen LogP contribution >= 0.6 is 15.9 Å². The summed E-state index contributed by atoms with van der Waals surface area (Å²) >= 11 is 3.51. The van der Waals surface area contributed by atoms with Gasteiger partial charge in [0.1, 0.15) is 0 Å². The minimum Gasteiger partial charge on any atom is -0.369 e. The van der Waals surface area contributed by atoms with Gasteiger partial charge in [0, 0.05) is 55.5 Å². The van der Waals surface area contributed by atoms with Crippen molar-refractivity contribution >= 4 is 27.6 Å². The molecule has 142 valence electrons. The van der Waals surface area contributed by atoms with E-state index in [1.54, 1.807) is 0 Å². The number of rotatable bonds is 5. The van der Waals surface area contributed by atoms with Gasteiger partial charge in [-0.05, 0) is 62.4 Å². The lowest BCUT2D eigenvalue weighted by Crippen LogP contribution is -2.46. The number of nitrogens with zero attached hydrogens (tertiary/aromatic N) is 3. The largest absolute Gasteiger partial charge is 0.369 e. The normalized spacial score (nSPS) is 27.2. The first-order valence-electron chi connectivity index (χ1n) is 9.93. The highest BCUT2D eigenvalue weighted by atomic mass is 79.9. The van der Waals surface area contributed by atoms with E-state index in [1.165, 1.54) is 38.0 Å². The van der Waals surface area contributed by atoms with Gasteiger partial charge in [-0.1, -0.05) is 15.9 Å². The first-order chi connectivity index (χ1) is 12.7. The lowest BCUT2D eigenvalue weighted by Gasteiger charge is -2.21. The molecule has 1 aromatic carbocycles. The van der Waals surface area contributed by atoms with Crippen LogP contribution in [-0.2, 0) is 0 Å². The summed E-state index contributed by atoms with van der Waals surface area (Å²) in [6, 6.07) is 9.96. The van der Waals surface area contributed by atoms with Gasteiger partial charge >= 0.3 is 0 Å². The van der Waals surface area contributed by atoms with Crippen LogP contribution in [0.2, 0.25) is 0 Å². The van der Waals surface area contributed by atoms with Gasteiger partial charge in [-0.2, -0.15) is 0 Å². The van der Waals surface area contributed by atoms with Crippen molar-refractivity contribution in [3.63, 3.8) is 0 Å². The van der Waals surface area contributed by atoms with Crippen molar-refractivity contribution in [2.24, 2.45) is 10.9 Å². The fourth-order valence-corrected chi connectivity index (χ4v) is 4.46. The standard InChI is InChI=1S/C20H30BrN5/c1-22-20(23-12-15-8-10-25(13-15)19-6-7-19)24-17-9-11-26(14-17)18-4-2-16(21)3-5-18/h2-5,15,17,19H,6-14H2,1H3,(H2,22,23,24). The lowest BCUT2D eigenvalue weighted by atomic mass is 10.1. The Kier molecular flexibility index (Phi) is 5.69. The van der Waals surface area contributed by atoms with E-state index in [-0.39, 0.29) is 0 Å². The van der Waals surface area contributed by atoms with Crippen LogP contribution in [0.15, 0.2) is 33.7 Å². The zero-order chi connectivity index (χ0) is 17.9. The second-order valence-electron chi connectivity index (χ2n) is 7.89. The molecule has 2 unspecified atom stereocenters. The maximum atomic E-state index is 4.44. The predicted molar refractivity (Wildman–Crippen MR) is 112 cm³/mol. The minimum absolute atomic E-state index is 0.455. The molecule has 1 aromatic rings. The monoisotopic (exact) mass is 419 g/mol. The number of anilines is 1. The van der Waals surface area contributed by atoms with Crippen LogP contribution in [0.25, 0.3) is 0 Å². The number of halogens is 1. The molecule has 2 saturated heterocycles. The van der Waals surface area contributed by atoms with E-state index in [0.29, 0.717) is 6.04 Å². The summed E-state index contributed by atoms with van der Waals surface area (Å²) in [5.41, 5.74) is 1.30. The lowest BCUT2D eigenvalue weighted by molar-refractivity contribution is 0.314. The molecule has 0 aromatic heterocycles. The quantitative estimate of drug-likeness (QED) is 0.568. The highest BCUT2D eigenvalue weighted by Crippen LogP contribution is 2.31. The van der Waals surface area contributed by atoms with E-state index in [9.17, 15) is 0 Å². The van der Waals surface area contributed by atoms with Crippen LogP contribution in [0.1, 0.15) is 25.7 Å². The van der Waals surface area contributed by atoms with Crippen molar-refractivity contribution in [2.75, 3.05) is 44.7 Å². The fraction of sp³-hybridized carbons (Fsp3) is 0.650. The van der Waals surface area contributed by atoms with Crippen molar-refractivity contribution in [1.29, 1.82) is 0 Å². The van der Waals surface area contributed by atoms with Crippen molar-refractivity contribution < 1.29 is 0 Å². The van der Waals surface area contributed by atoms with E-state index in [1.807, 2.05) is 7.05 Å². The molecule has 0 amide bonds. The van der Waals surface area contributed by atoms with Gasteiger partial charge < -0.3 is 20.4 Å². The molecule has 2 N–H and O–H groups in total. The van der Waals surface area contributed by atoms with Gasteiger partial charge in [0.05, 0.1) is 0 Å². The highest BCUT2D eigenvalue weighted by Gasteiger charge is 2.34. The molecule has 2 aliphatic heterocycles. The minimum atomic E-state index is 0.455. The summed E-state index contributed by atoms with van der Waals surface area (Å²) in [7, 11) is 1.88. The molecule has 6 heteroatoms. The van der Waals surface area contributed by atoms with Gasteiger partial charge in [0.25, 0.3) is 0 Å². The molecule has 5 nitrogen and oxygen atoms in total. The Morgan fingerprint density at radius 3 is 2.65 bits per heavy atom. The second kappa shape index (κ2) is 8.17. The molecule has 0 radical (unpaired) electrons. The van der Waals surface area contributed by atoms with E-state index in [4.69, 9.17) is 0 Å². The third-order valence-corrected chi connectivity index (χ3v) is 6.41. The number of benzene rings is 1. The number of hydrogen-bond acceptors (Lipinski definition) is 3. The number of aliphatic imine (C=N–C) groups is 1. The van der Waals surface area contributed by atoms with Gasteiger partial charge in [-0.15, -0.1) is 0 Å².